The SMILES string of the molecule is C.C.CC(C)(C)C1CNCCN1.CC(C)(C)N1CCNCC1. The first-order valence-corrected chi connectivity index (χ1v) is 8.11. The second-order valence-corrected chi connectivity index (χ2v) is 7.98. The smallest absolute Gasteiger partial charge is 0.0241 e. The van der Waals surface area contributed by atoms with Crippen LogP contribution in [0.1, 0.15) is 56.4 Å². The summed E-state index contributed by atoms with van der Waals surface area (Å²) in [6.45, 7) is 21.7. The molecule has 2 aliphatic rings. The van der Waals surface area contributed by atoms with Crippen molar-refractivity contribution < 1.29 is 0 Å². The minimum Gasteiger partial charge on any atom is -0.314 e. The molecule has 2 saturated heterocycles. The van der Waals surface area contributed by atoms with Crippen molar-refractivity contribution in [2.75, 3.05) is 45.8 Å². The first kappa shape index (κ1) is 24.1. The van der Waals surface area contributed by atoms with Crippen LogP contribution in [0.4, 0.5) is 0 Å². The lowest BCUT2D eigenvalue weighted by atomic mass is 9.86. The summed E-state index contributed by atoms with van der Waals surface area (Å²) in [5.41, 5.74) is 0.759. The number of piperazine rings is 2. The third-order valence-electron chi connectivity index (χ3n) is 4.15. The van der Waals surface area contributed by atoms with Gasteiger partial charge in [-0.25, -0.2) is 0 Å². The van der Waals surface area contributed by atoms with Crippen molar-refractivity contribution in [3.8, 4) is 0 Å². The minimum absolute atomic E-state index is 0. The van der Waals surface area contributed by atoms with E-state index in [1.165, 1.54) is 13.1 Å². The van der Waals surface area contributed by atoms with Gasteiger partial charge in [0.05, 0.1) is 0 Å². The Morgan fingerprint density at radius 3 is 1.59 bits per heavy atom. The van der Waals surface area contributed by atoms with Crippen molar-refractivity contribution in [1.29, 1.82) is 0 Å². The van der Waals surface area contributed by atoms with Gasteiger partial charge in [0.15, 0.2) is 0 Å². The molecule has 0 aromatic heterocycles. The summed E-state index contributed by atoms with van der Waals surface area (Å²) in [6.07, 6.45) is 0. The third kappa shape index (κ3) is 9.09. The second-order valence-electron chi connectivity index (χ2n) is 7.98. The minimum atomic E-state index is 0. The van der Waals surface area contributed by atoms with Crippen molar-refractivity contribution in [2.24, 2.45) is 5.41 Å². The van der Waals surface area contributed by atoms with Crippen LogP contribution < -0.4 is 16.0 Å². The summed E-state index contributed by atoms with van der Waals surface area (Å²) in [5.74, 6) is 0. The normalized spacial score (nSPS) is 23.5. The lowest BCUT2D eigenvalue weighted by molar-refractivity contribution is 0.119. The van der Waals surface area contributed by atoms with E-state index in [0.717, 1.165) is 32.7 Å². The van der Waals surface area contributed by atoms with Crippen LogP contribution in [0.3, 0.4) is 0 Å². The number of hydrogen-bond donors (Lipinski definition) is 3. The fourth-order valence-corrected chi connectivity index (χ4v) is 2.60. The maximum absolute atomic E-state index is 3.50. The average Bonchev–Trinajstić information content (AvgIpc) is 2.40. The standard InChI is InChI=1S/2C8H18N2.2CH4/c1-8(2,3)10-6-4-9-5-7-10;1-8(2,3)7-6-9-4-5-10-7;;/h9H,4-7H2,1-3H3;7,9-10H,4-6H2,1-3H3;2*1H4. The quantitative estimate of drug-likeness (QED) is 0.642. The molecule has 2 heterocycles. The van der Waals surface area contributed by atoms with E-state index in [1.807, 2.05) is 0 Å². The molecular formula is C18H44N4. The lowest BCUT2D eigenvalue weighted by Crippen LogP contribution is -2.54. The molecule has 0 radical (unpaired) electrons. The zero-order valence-corrected chi connectivity index (χ0v) is 14.5. The first-order chi connectivity index (χ1) is 9.21. The Morgan fingerprint density at radius 1 is 0.773 bits per heavy atom. The molecule has 0 aliphatic carbocycles. The van der Waals surface area contributed by atoms with Crippen molar-refractivity contribution in [3.63, 3.8) is 0 Å². The molecule has 0 spiro atoms. The monoisotopic (exact) mass is 316 g/mol. The largest absolute Gasteiger partial charge is 0.314 e. The van der Waals surface area contributed by atoms with Crippen molar-refractivity contribution in [1.82, 2.24) is 20.9 Å². The van der Waals surface area contributed by atoms with E-state index < -0.39 is 0 Å². The van der Waals surface area contributed by atoms with Crippen LogP contribution in [0.2, 0.25) is 0 Å². The Bertz CT molecular complexity index is 225. The maximum Gasteiger partial charge on any atom is 0.0241 e. The molecule has 3 N–H and O–H groups in total. The van der Waals surface area contributed by atoms with Gasteiger partial charge in [-0.3, -0.25) is 4.90 Å². The highest BCUT2D eigenvalue weighted by Gasteiger charge is 2.25. The Morgan fingerprint density at radius 2 is 1.32 bits per heavy atom. The molecule has 2 rings (SSSR count). The van der Waals surface area contributed by atoms with E-state index >= 15 is 0 Å². The third-order valence-corrected chi connectivity index (χ3v) is 4.15. The number of nitrogens with zero attached hydrogens (tertiary/aromatic N) is 1. The van der Waals surface area contributed by atoms with Gasteiger partial charge < -0.3 is 16.0 Å². The second kappa shape index (κ2) is 10.6. The molecule has 0 aromatic carbocycles. The van der Waals surface area contributed by atoms with Crippen molar-refractivity contribution in [2.45, 2.75) is 68.0 Å². The molecular weight excluding hydrogens is 272 g/mol. The summed E-state index contributed by atoms with van der Waals surface area (Å²) in [7, 11) is 0. The average molecular weight is 317 g/mol. The van der Waals surface area contributed by atoms with Crippen molar-refractivity contribution >= 4 is 0 Å². The van der Waals surface area contributed by atoms with Gasteiger partial charge in [0, 0.05) is 57.4 Å². The summed E-state index contributed by atoms with van der Waals surface area (Å²) in [6, 6.07) is 0.640. The molecule has 0 aromatic rings. The van der Waals surface area contributed by atoms with Gasteiger partial charge in [0.25, 0.3) is 0 Å². The van der Waals surface area contributed by atoms with Gasteiger partial charge in [-0.15, -0.1) is 0 Å². The Hall–Kier alpha value is -0.160. The Labute approximate surface area is 140 Å². The number of hydrogen-bond acceptors (Lipinski definition) is 4. The van der Waals surface area contributed by atoms with Gasteiger partial charge in [0.2, 0.25) is 0 Å². The van der Waals surface area contributed by atoms with E-state index in [9.17, 15) is 0 Å². The number of nitrogens with one attached hydrogen (secondary N) is 3. The molecule has 136 valence electrons. The van der Waals surface area contributed by atoms with E-state index in [4.69, 9.17) is 0 Å². The Kier molecular flexibility index (Phi) is 11.6. The van der Waals surface area contributed by atoms with E-state index in [-0.39, 0.29) is 14.9 Å². The predicted octanol–water partition coefficient (Wildman–Crippen LogP) is 2.56. The van der Waals surface area contributed by atoms with Crippen molar-refractivity contribution in [3.05, 3.63) is 0 Å². The van der Waals surface area contributed by atoms with Crippen LogP contribution in [0, 0.1) is 5.41 Å². The molecule has 0 saturated carbocycles. The molecule has 1 unspecified atom stereocenters. The fraction of sp³-hybridized carbons (Fsp3) is 1.00. The summed E-state index contributed by atoms with van der Waals surface area (Å²) >= 11 is 0. The van der Waals surface area contributed by atoms with Crippen LogP contribution in [0.5, 0.6) is 0 Å². The molecule has 4 heteroatoms. The van der Waals surface area contributed by atoms with E-state index in [0.29, 0.717) is 17.0 Å². The van der Waals surface area contributed by atoms with Crippen LogP contribution >= 0.6 is 0 Å². The zero-order chi connectivity index (χ0) is 15.2. The highest BCUT2D eigenvalue weighted by atomic mass is 15.2. The molecule has 4 nitrogen and oxygen atoms in total. The Balaban J connectivity index is 0. The number of rotatable bonds is 0. The summed E-state index contributed by atoms with van der Waals surface area (Å²) in [5, 5.41) is 10.2. The molecule has 0 bridgehead atoms. The molecule has 2 aliphatic heterocycles. The topological polar surface area (TPSA) is 39.3 Å². The van der Waals surface area contributed by atoms with Gasteiger partial charge in [-0.05, 0) is 26.2 Å². The predicted molar refractivity (Wildman–Crippen MR) is 102 cm³/mol. The van der Waals surface area contributed by atoms with Gasteiger partial charge in [-0.1, -0.05) is 35.6 Å². The lowest BCUT2D eigenvalue weighted by Gasteiger charge is -2.38. The molecule has 0 amide bonds. The van der Waals surface area contributed by atoms with Crippen LogP contribution in [-0.2, 0) is 0 Å². The maximum atomic E-state index is 3.50. The summed E-state index contributed by atoms with van der Waals surface area (Å²) in [4.78, 5) is 2.52. The van der Waals surface area contributed by atoms with Crippen LogP contribution in [0.15, 0.2) is 0 Å². The van der Waals surface area contributed by atoms with Gasteiger partial charge >= 0.3 is 0 Å². The van der Waals surface area contributed by atoms with Gasteiger partial charge in [-0.2, -0.15) is 0 Å². The fourth-order valence-electron chi connectivity index (χ4n) is 2.60. The zero-order valence-electron chi connectivity index (χ0n) is 14.5. The van der Waals surface area contributed by atoms with E-state index in [2.05, 4.69) is 62.4 Å². The first-order valence-electron chi connectivity index (χ1n) is 8.11. The van der Waals surface area contributed by atoms with Crippen LogP contribution in [0.25, 0.3) is 0 Å². The highest BCUT2D eigenvalue weighted by molar-refractivity contribution is 4.85. The molecule has 1 atom stereocenters. The van der Waals surface area contributed by atoms with Crippen LogP contribution in [-0.4, -0.2) is 62.3 Å². The summed E-state index contributed by atoms with van der Waals surface area (Å²) < 4.78 is 0. The molecule has 2 fully saturated rings. The van der Waals surface area contributed by atoms with E-state index in [1.54, 1.807) is 0 Å². The highest BCUT2D eigenvalue weighted by Crippen LogP contribution is 2.19. The van der Waals surface area contributed by atoms with Gasteiger partial charge in [0.1, 0.15) is 0 Å². The molecule has 22 heavy (non-hydrogen) atoms.